The summed E-state index contributed by atoms with van der Waals surface area (Å²) < 4.78 is 32.3. The zero-order chi connectivity index (χ0) is 17.0. The predicted molar refractivity (Wildman–Crippen MR) is 89.1 cm³/mol. The Labute approximate surface area is 135 Å². The van der Waals surface area contributed by atoms with Crippen LogP contribution in [-0.2, 0) is 10.2 Å². The minimum absolute atomic E-state index is 0.213. The van der Waals surface area contributed by atoms with Gasteiger partial charge in [-0.05, 0) is 24.3 Å². The first-order valence-corrected chi connectivity index (χ1v) is 8.26. The van der Waals surface area contributed by atoms with E-state index in [4.69, 9.17) is 4.74 Å². The van der Waals surface area contributed by atoms with Crippen LogP contribution in [0, 0.1) is 0 Å². The normalized spacial score (nSPS) is 11.3. The maximum atomic E-state index is 12.5. The van der Waals surface area contributed by atoms with Crippen LogP contribution in [0.1, 0.15) is 15.9 Å². The fraction of sp³-hybridized carbons (Fsp3) is 0.188. The van der Waals surface area contributed by atoms with Gasteiger partial charge in [-0.3, -0.25) is 9.52 Å². The molecule has 0 spiro atoms. The number of hydrogen-bond acceptors (Lipinski definition) is 4. The van der Waals surface area contributed by atoms with Crippen LogP contribution >= 0.6 is 0 Å². The lowest BCUT2D eigenvalue weighted by atomic mass is 10.0. The fourth-order valence-corrected chi connectivity index (χ4v) is 2.50. The number of nitrogens with one attached hydrogen (secondary N) is 1. The highest BCUT2D eigenvalue weighted by atomic mass is 32.2. The van der Waals surface area contributed by atoms with Crippen LogP contribution in [0.15, 0.2) is 48.5 Å². The number of ketones is 1. The molecule has 0 aromatic heterocycles. The number of carbonyl (C=O) groups excluding carboxylic acids is 1. The Morgan fingerprint density at radius 1 is 1.04 bits per heavy atom. The molecule has 6 nitrogen and oxygen atoms in total. The van der Waals surface area contributed by atoms with E-state index < -0.39 is 10.2 Å². The molecular formula is C16H18N2O4S. The molecule has 0 fully saturated rings. The standard InChI is InChI=1S/C16H18N2O4S/c1-18(2)23(20,21)17-14-8-4-6-12(10-14)16(19)13-7-5-9-15(11-13)22-3/h4-11,17H,1-3H3. The Morgan fingerprint density at radius 2 is 1.65 bits per heavy atom. The van der Waals surface area contributed by atoms with Crippen molar-refractivity contribution in [3.05, 3.63) is 59.7 Å². The third kappa shape index (κ3) is 4.08. The van der Waals surface area contributed by atoms with Crippen molar-refractivity contribution in [2.45, 2.75) is 0 Å². The first-order chi connectivity index (χ1) is 10.8. The first kappa shape index (κ1) is 17.0. The molecule has 0 unspecified atom stereocenters. The van der Waals surface area contributed by atoms with Gasteiger partial charge >= 0.3 is 10.2 Å². The van der Waals surface area contributed by atoms with Crippen LogP contribution in [-0.4, -0.2) is 39.7 Å². The van der Waals surface area contributed by atoms with Crippen molar-refractivity contribution < 1.29 is 17.9 Å². The molecule has 2 aromatic carbocycles. The molecule has 1 N–H and O–H groups in total. The predicted octanol–water partition coefficient (Wildman–Crippen LogP) is 2.14. The van der Waals surface area contributed by atoms with Crippen molar-refractivity contribution in [3.63, 3.8) is 0 Å². The minimum atomic E-state index is -3.62. The summed E-state index contributed by atoms with van der Waals surface area (Å²) in [5.74, 6) is 0.370. The average Bonchev–Trinajstić information content (AvgIpc) is 2.54. The van der Waals surface area contributed by atoms with E-state index in [1.807, 2.05) is 0 Å². The molecule has 0 atom stereocenters. The number of hydrogen-bond donors (Lipinski definition) is 1. The zero-order valence-corrected chi connectivity index (χ0v) is 13.9. The maximum absolute atomic E-state index is 12.5. The maximum Gasteiger partial charge on any atom is 0.301 e. The molecule has 122 valence electrons. The van der Waals surface area contributed by atoms with Crippen LogP contribution in [0.4, 0.5) is 5.69 Å². The average molecular weight is 334 g/mol. The van der Waals surface area contributed by atoms with E-state index in [1.165, 1.54) is 27.3 Å². The number of rotatable bonds is 6. The van der Waals surface area contributed by atoms with Gasteiger partial charge in [-0.15, -0.1) is 0 Å². The van der Waals surface area contributed by atoms with Crippen LogP contribution in [0.3, 0.4) is 0 Å². The lowest BCUT2D eigenvalue weighted by molar-refractivity contribution is 0.103. The second-order valence-corrected chi connectivity index (χ2v) is 6.92. The van der Waals surface area contributed by atoms with Crippen LogP contribution in [0.25, 0.3) is 0 Å². The van der Waals surface area contributed by atoms with Crippen molar-refractivity contribution in [3.8, 4) is 5.75 Å². The summed E-state index contributed by atoms with van der Waals surface area (Å²) in [6.45, 7) is 0. The SMILES string of the molecule is COc1cccc(C(=O)c2cccc(NS(=O)(=O)N(C)C)c2)c1. The van der Waals surface area contributed by atoms with Crippen molar-refractivity contribution >= 4 is 21.7 Å². The van der Waals surface area contributed by atoms with E-state index >= 15 is 0 Å². The highest BCUT2D eigenvalue weighted by molar-refractivity contribution is 7.90. The van der Waals surface area contributed by atoms with Crippen molar-refractivity contribution in [1.82, 2.24) is 4.31 Å². The highest BCUT2D eigenvalue weighted by Gasteiger charge is 2.15. The van der Waals surface area contributed by atoms with E-state index in [9.17, 15) is 13.2 Å². The molecule has 0 saturated carbocycles. The Hall–Kier alpha value is -2.38. The van der Waals surface area contributed by atoms with Gasteiger partial charge in [-0.2, -0.15) is 12.7 Å². The van der Waals surface area contributed by atoms with Gasteiger partial charge in [0.2, 0.25) is 0 Å². The largest absolute Gasteiger partial charge is 0.497 e. The number of benzene rings is 2. The van der Waals surface area contributed by atoms with Crippen molar-refractivity contribution in [2.24, 2.45) is 0 Å². The summed E-state index contributed by atoms with van der Waals surface area (Å²) >= 11 is 0. The van der Waals surface area contributed by atoms with E-state index in [2.05, 4.69) is 4.72 Å². The van der Waals surface area contributed by atoms with E-state index in [-0.39, 0.29) is 5.78 Å². The number of anilines is 1. The number of methoxy groups -OCH3 is 1. The summed E-state index contributed by atoms with van der Waals surface area (Å²) in [4.78, 5) is 12.5. The summed E-state index contributed by atoms with van der Waals surface area (Å²) in [7, 11) is 0.759. The van der Waals surface area contributed by atoms with Crippen molar-refractivity contribution in [2.75, 3.05) is 25.9 Å². The topological polar surface area (TPSA) is 75.7 Å². The summed E-state index contributed by atoms with van der Waals surface area (Å²) in [5, 5.41) is 0. The molecule has 0 bridgehead atoms. The molecule has 2 aromatic rings. The molecule has 2 rings (SSSR count). The van der Waals surface area contributed by atoms with Crippen LogP contribution in [0.2, 0.25) is 0 Å². The van der Waals surface area contributed by atoms with Gasteiger partial charge in [-0.1, -0.05) is 24.3 Å². The lowest BCUT2D eigenvalue weighted by Crippen LogP contribution is -2.28. The summed E-state index contributed by atoms with van der Waals surface area (Å²) in [6.07, 6.45) is 0. The molecule has 0 amide bonds. The van der Waals surface area contributed by atoms with E-state index in [0.717, 1.165) is 4.31 Å². The molecule has 0 heterocycles. The van der Waals surface area contributed by atoms with Gasteiger partial charge < -0.3 is 4.74 Å². The first-order valence-electron chi connectivity index (χ1n) is 6.82. The van der Waals surface area contributed by atoms with E-state index in [1.54, 1.807) is 42.5 Å². The molecule has 7 heteroatoms. The molecule has 0 radical (unpaired) electrons. The van der Waals surface area contributed by atoms with Crippen LogP contribution in [0.5, 0.6) is 5.75 Å². The monoisotopic (exact) mass is 334 g/mol. The second kappa shape index (κ2) is 6.80. The highest BCUT2D eigenvalue weighted by Crippen LogP contribution is 2.19. The zero-order valence-electron chi connectivity index (χ0n) is 13.1. The summed E-state index contributed by atoms with van der Waals surface area (Å²) in [6, 6.07) is 13.1. The Bertz CT molecular complexity index is 816. The van der Waals surface area contributed by atoms with Gasteiger partial charge in [0.15, 0.2) is 5.78 Å². The van der Waals surface area contributed by atoms with Gasteiger partial charge in [-0.25, -0.2) is 0 Å². The van der Waals surface area contributed by atoms with Crippen molar-refractivity contribution in [1.29, 1.82) is 0 Å². The molecule has 0 aliphatic heterocycles. The Kier molecular flexibility index (Phi) is 5.02. The number of nitrogens with zero attached hydrogens (tertiary/aromatic N) is 1. The second-order valence-electron chi connectivity index (χ2n) is 5.03. The number of ether oxygens (including phenoxy) is 1. The fourth-order valence-electron chi connectivity index (χ4n) is 1.90. The summed E-state index contributed by atoms with van der Waals surface area (Å²) in [5.41, 5.74) is 1.18. The molecule has 0 aliphatic rings. The van der Waals surface area contributed by atoms with Gasteiger partial charge in [0.1, 0.15) is 5.75 Å². The minimum Gasteiger partial charge on any atom is -0.497 e. The molecule has 0 aliphatic carbocycles. The van der Waals surface area contributed by atoms with Gasteiger partial charge in [0, 0.05) is 25.2 Å². The van der Waals surface area contributed by atoms with Gasteiger partial charge in [0.25, 0.3) is 0 Å². The molecular weight excluding hydrogens is 316 g/mol. The third-order valence-electron chi connectivity index (χ3n) is 3.18. The third-order valence-corrected chi connectivity index (χ3v) is 4.64. The lowest BCUT2D eigenvalue weighted by Gasteiger charge is -2.14. The quantitative estimate of drug-likeness (QED) is 0.821. The van der Waals surface area contributed by atoms with Gasteiger partial charge in [0.05, 0.1) is 12.8 Å². The number of carbonyl (C=O) groups is 1. The Balaban J connectivity index is 2.30. The molecule has 0 saturated heterocycles. The Morgan fingerprint density at radius 3 is 2.26 bits per heavy atom. The smallest absolute Gasteiger partial charge is 0.301 e. The van der Waals surface area contributed by atoms with Crippen LogP contribution < -0.4 is 9.46 Å². The molecule has 23 heavy (non-hydrogen) atoms. The van der Waals surface area contributed by atoms with E-state index in [0.29, 0.717) is 22.6 Å².